The van der Waals surface area contributed by atoms with E-state index in [0.29, 0.717) is 0 Å². The fraction of sp³-hybridized carbons (Fsp3) is 0.357. The van der Waals surface area contributed by atoms with E-state index in [1.807, 2.05) is 6.07 Å². The largest absolute Gasteiger partial charge is 0.443 e. The van der Waals surface area contributed by atoms with Gasteiger partial charge < -0.3 is 9.73 Å². The van der Waals surface area contributed by atoms with Gasteiger partial charge >= 0.3 is 0 Å². The number of oxazole rings is 1. The molecule has 0 radical (unpaired) electrons. The minimum atomic E-state index is 0.745. The van der Waals surface area contributed by atoms with Crippen LogP contribution in [-0.4, -0.2) is 11.5 Å². The summed E-state index contributed by atoms with van der Waals surface area (Å²) in [7, 11) is 0. The third kappa shape index (κ3) is 3.00. The van der Waals surface area contributed by atoms with E-state index in [1.165, 1.54) is 12.0 Å². The van der Waals surface area contributed by atoms with Crippen LogP contribution in [0.2, 0.25) is 0 Å². The highest BCUT2D eigenvalue weighted by molar-refractivity contribution is 9.10. The van der Waals surface area contributed by atoms with Crippen LogP contribution in [0, 0.1) is 6.92 Å². The van der Waals surface area contributed by atoms with Crippen LogP contribution in [0.3, 0.4) is 0 Å². The summed E-state index contributed by atoms with van der Waals surface area (Å²) in [5.41, 5.74) is 3.25. The van der Waals surface area contributed by atoms with E-state index in [4.69, 9.17) is 4.42 Å². The highest BCUT2D eigenvalue weighted by Crippen LogP contribution is 2.28. The first kappa shape index (κ1) is 13.3. The Kier molecular flexibility index (Phi) is 4.55. The molecule has 3 nitrogen and oxygen atoms in total. The molecule has 96 valence electrons. The van der Waals surface area contributed by atoms with Crippen LogP contribution in [0.25, 0.3) is 11.3 Å². The van der Waals surface area contributed by atoms with Gasteiger partial charge in [0.1, 0.15) is 5.69 Å². The molecule has 0 amide bonds. The summed E-state index contributed by atoms with van der Waals surface area (Å²) in [6.45, 7) is 5.96. The van der Waals surface area contributed by atoms with Crippen LogP contribution in [0.5, 0.6) is 0 Å². The van der Waals surface area contributed by atoms with Crippen molar-refractivity contribution < 1.29 is 4.42 Å². The molecule has 0 unspecified atom stereocenters. The van der Waals surface area contributed by atoms with E-state index in [0.717, 1.165) is 41.0 Å². The number of halogens is 1. The van der Waals surface area contributed by atoms with Gasteiger partial charge in [0, 0.05) is 16.6 Å². The van der Waals surface area contributed by atoms with Gasteiger partial charge in [0.05, 0.1) is 0 Å². The fourth-order valence-corrected chi connectivity index (χ4v) is 2.36. The topological polar surface area (TPSA) is 38.1 Å². The molecule has 0 fully saturated rings. The highest BCUT2D eigenvalue weighted by Gasteiger charge is 2.12. The van der Waals surface area contributed by atoms with Crippen molar-refractivity contribution in [2.45, 2.75) is 26.8 Å². The number of hydrogen-bond donors (Lipinski definition) is 1. The first-order chi connectivity index (χ1) is 8.72. The van der Waals surface area contributed by atoms with Gasteiger partial charge in [0.2, 0.25) is 0 Å². The molecule has 2 rings (SSSR count). The Morgan fingerprint density at radius 1 is 1.39 bits per heavy atom. The van der Waals surface area contributed by atoms with Crippen molar-refractivity contribution in [2.75, 3.05) is 6.54 Å². The number of hydrogen-bond acceptors (Lipinski definition) is 3. The molecule has 2 aromatic rings. The van der Waals surface area contributed by atoms with Gasteiger partial charge in [-0.25, -0.2) is 4.98 Å². The van der Waals surface area contributed by atoms with Gasteiger partial charge in [-0.1, -0.05) is 22.9 Å². The molecule has 4 heteroatoms. The zero-order valence-electron chi connectivity index (χ0n) is 10.7. The maximum atomic E-state index is 5.54. The Labute approximate surface area is 116 Å². The Bertz CT molecular complexity index is 522. The van der Waals surface area contributed by atoms with E-state index in [1.54, 1.807) is 0 Å². The lowest BCUT2D eigenvalue weighted by Gasteiger charge is -2.06. The maximum Gasteiger partial charge on any atom is 0.181 e. The number of aryl methyl sites for hydroxylation is 1. The second-order valence-corrected chi connectivity index (χ2v) is 5.18. The molecule has 0 aliphatic rings. The second kappa shape index (κ2) is 6.16. The van der Waals surface area contributed by atoms with Crippen molar-refractivity contribution in [3.05, 3.63) is 40.3 Å². The predicted octanol–water partition coefficient (Wildman–Crippen LogP) is 3.91. The van der Waals surface area contributed by atoms with Crippen molar-refractivity contribution in [1.82, 2.24) is 10.3 Å². The first-order valence-corrected chi connectivity index (χ1v) is 6.91. The lowest BCUT2D eigenvalue weighted by atomic mass is 10.1. The summed E-state index contributed by atoms with van der Waals surface area (Å²) >= 11 is 3.47. The number of nitrogens with one attached hydrogen (secondary N) is 1. The molecule has 0 spiro atoms. The molecular formula is C14H17BrN2O. The quantitative estimate of drug-likeness (QED) is 0.851. The number of benzene rings is 1. The van der Waals surface area contributed by atoms with Gasteiger partial charge in [0.25, 0.3) is 0 Å². The zero-order chi connectivity index (χ0) is 13.0. The van der Waals surface area contributed by atoms with Gasteiger partial charge in [-0.2, -0.15) is 0 Å². The van der Waals surface area contributed by atoms with Crippen LogP contribution >= 0.6 is 15.9 Å². The molecule has 1 N–H and O–H groups in total. The molecule has 0 saturated heterocycles. The Morgan fingerprint density at radius 3 is 2.94 bits per heavy atom. The molecule has 1 aromatic heterocycles. The number of nitrogens with zero attached hydrogens (tertiary/aromatic N) is 1. The highest BCUT2D eigenvalue weighted by atomic mass is 79.9. The molecule has 1 aromatic carbocycles. The number of rotatable bonds is 5. The summed E-state index contributed by atoms with van der Waals surface area (Å²) in [6.07, 6.45) is 2.63. The van der Waals surface area contributed by atoms with Crippen molar-refractivity contribution in [1.29, 1.82) is 0 Å². The third-order valence-electron chi connectivity index (χ3n) is 2.79. The molecule has 0 saturated carbocycles. The van der Waals surface area contributed by atoms with Gasteiger partial charge in [-0.3, -0.25) is 0 Å². The van der Waals surface area contributed by atoms with Crippen molar-refractivity contribution >= 4 is 15.9 Å². The summed E-state index contributed by atoms with van der Waals surface area (Å²) in [4.78, 5) is 4.29. The Hall–Kier alpha value is -1.13. The van der Waals surface area contributed by atoms with E-state index >= 15 is 0 Å². The molecular weight excluding hydrogens is 292 g/mol. The summed E-state index contributed by atoms with van der Waals surface area (Å²) in [5, 5.41) is 3.35. The van der Waals surface area contributed by atoms with E-state index < -0.39 is 0 Å². The summed E-state index contributed by atoms with van der Waals surface area (Å²) in [6, 6.07) is 6.17. The number of aromatic nitrogens is 1. The normalized spacial score (nSPS) is 10.8. The fourth-order valence-electron chi connectivity index (χ4n) is 1.88. The van der Waals surface area contributed by atoms with Gasteiger partial charge in [-0.05, 0) is 43.7 Å². The predicted molar refractivity (Wildman–Crippen MR) is 76.4 cm³/mol. The minimum Gasteiger partial charge on any atom is -0.443 e. The van der Waals surface area contributed by atoms with Crippen LogP contribution in [0.1, 0.15) is 24.6 Å². The standard InChI is InChI=1S/C14H17BrN2O/c1-3-6-16-8-13-14(18-9-17-13)12-5-4-11(15)7-10(12)2/h4-5,7,9,16H,3,6,8H2,1-2H3. The maximum absolute atomic E-state index is 5.54. The van der Waals surface area contributed by atoms with E-state index in [2.05, 4.69) is 52.2 Å². The molecule has 18 heavy (non-hydrogen) atoms. The van der Waals surface area contributed by atoms with E-state index in [9.17, 15) is 0 Å². The zero-order valence-corrected chi connectivity index (χ0v) is 12.3. The Morgan fingerprint density at radius 2 is 2.22 bits per heavy atom. The second-order valence-electron chi connectivity index (χ2n) is 4.26. The van der Waals surface area contributed by atoms with E-state index in [-0.39, 0.29) is 0 Å². The molecule has 0 bridgehead atoms. The molecule has 0 atom stereocenters. The van der Waals surface area contributed by atoms with Crippen molar-refractivity contribution in [2.24, 2.45) is 0 Å². The summed E-state index contributed by atoms with van der Waals surface area (Å²) < 4.78 is 6.61. The summed E-state index contributed by atoms with van der Waals surface area (Å²) in [5.74, 6) is 0.864. The van der Waals surface area contributed by atoms with Crippen LogP contribution in [0.15, 0.2) is 33.5 Å². The average Bonchev–Trinajstić information content (AvgIpc) is 2.78. The van der Waals surface area contributed by atoms with Crippen molar-refractivity contribution in [3.63, 3.8) is 0 Å². The molecule has 1 heterocycles. The smallest absolute Gasteiger partial charge is 0.181 e. The Balaban J connectivity index is 2.25. The van der Waals surface area contributed by atoms with Crippen molar-refractivity contribution in [3.8, 4) is 11.3 Å². The van der Waals surface area contributed by atoms with Crippen LogP contribution in [-0.2, 0) is 6.54 Å². The monoisotopic (exact) mass is 308 g/mol. The van der Waals surface area contributed by atoms with Crippen LogP contribution < -0.4 is 5.32 Å². The minimum absolute atomic E-state index is 0.745. The van der Waals surface area contributed by atoms with Gasteiger partial charge in [-0.15, -0.1) is 0 Å². The molecule has 0 aliphatic carbocycles. The lowest BCUT2D eigenvalue weighted by Crippen LogP contribution is -2.14. The molecule has 0 aliphatic heterocycles. The third-order valence-corrected chi connectivity index (χ3v) is 3.29. The first-order valence-electron chi connectivity index (χ1n) is 6.12. The SMILES string of the molecule is CCCNCc1ncoc1-c1ccc(Br)cc1C. The van der Waals surface area contributed by atoms with Crippen LogP contribution in [0.4, 0.5) is 0 Å². The lowest BCUT2D eigenvalue weighted by molar-refractivity contribution is 0.569. The van der Waals surface area contributed by atoms with Gasteiger partial charge in [0.15, 0.2) is 12.2 Å². The average molecular weight is 309 g/mol.